The lowest BCUT2D eigenvalue weighted by Gasteiger charge is -2.20. The average molecular weight is 390 g/mol. The summed E-state index contributed by atoms with van der Waals surface area (Å²) in [6, 6.07) is 12.4. The third-order valence-corrected chi connectivity index (χ3v) is 4.19. The molecule has 0 aliphatic carbocycles. The Balaban J connectivity index is 1.76. The highest BCUT2D eigenvalue weighted by Gasteiger charge is 2.16. The van der Waals surface area contributed by atoms with Gasteiger partial charge in [0.25, 0.3) is 0 Å². The summed E-state index contributed by atoms with van der Waals surface area (Å²) in [5.74, 6) is 0.627. The van der Waals surface area contributed by atoms with Gasteiger partial charge in [0.05, 0.1) is 15.7 Å². The van der Waals surface area contributed by atoms with Gasteiger partial charge < -0.3 is 15.2 Å². The van der Waals surface area contributed by atoms with E-state index in [0.717, 1.165) is 0 Å². The van der Waals surface area contributed by atoms with Crippen molar-refractivity contribution < 1.29 is 9.84 Å². The summed E-state index contributed by atoms with van der Waals surface area (Å²) >= 11 is 18.1. The van der Waals surface area contributed by atoms with Gasteiger partial charge >= 0.3 is 0 Å². The van der Waals surface area contributed by atoms with Gasteiger partial charge in [-0.25, -0.2) is 0 Å². The number of ether oxygens (including phenoxy) is 1. The Kier molecular flexibility index (Phi) is 7.46. The number of halogens is 3. The molecule has 130 valence electrons. The smallest absolute Gasteiger partial charge is 0.173 e. The number of rotatable bonds is 8. The molecule has 2 aromatic carbocycles. The SMILES string of the molecule is NC(Oc1ccccc1)C(O)CCCNc1c(Cl)cc(Cl)cc1Cl. The Morgan fingerprint density at radius 1 is 1.08 bits per heavy atom. The molecule has 0 heterocycles. The van der Waals surface area contributed by atoms with E-state index in [9.17, 15) is 5.11 Å². The number of para-hydroxylation sites is 1. The van der Waals surface area contributed by atoms with Crippen molar-refractivity contribution in [3.63, 3.8) is 0 Å². The summed E-state index contributed by atoms with van der Waals surface area (Å²) in [6.45, 7) is 0.580. The van der Waals surface area contributed by atoms with Crippen molar-refractivity contribution in [3.8, 4) is 5.75 Å². The number of benzene rings is 2. The van der Waals surface area contributed by atoms with E-state index in [1.165, 1.54) is 0 Å². The lowest BCUT2D eigenvalue weighted by atomic mass is 10.1. The van der Waals surface area contributed by atoms with E-state index in [2.05, 4.69) is 5.32 Å². The fraction of sp³-hybridized carbons (Fsp3) is 0.294. The van der Waals surface area contributed by atoms with Crippen LogP contribution in [0.5, 0.6) is 5.75 Å². The van der Waals surface area contributed by atoms with Crippen LogP contribution in [-0.2, 0) is 0 Å². The van der Waals surface area contributed by atoms with E-state index in [1.807, 2.05) is 18.2 Å². The molecule has 2 aromatic rings. The van der Waals surface area contributed by atoms with E-state index in [-0.39, 0.29) is 0 Å². The Morgan fingerprint density at radius 2 is 1.71 bits per heavy atom. The van der Waals surface area contributed by atoms with Gasteiger partial charge in [0.15, 0.2) is 6.23 Å². The van der Waals surface area contributed by atoms with Crippen molar-refractivity contribution in [2.45, 2.75) is 25.2 Å². The molecular weight excluding hydrogens is 371 g/mol. The number of hydrogen-bond acceptors (Lipinski definition) is 4. The fourth-order valence-corrected chi connectivity index (χ4v) is 3.09. The number of anilines is 1. The third-order valence-electron chi connectivity index (χ3n) is 3.38. The maximum Gasteiger partial charge on any atom is 0.173 e. The van der Waals surface area contributed by atoms with Gasteiger partial charge in [-0.05, 0) is 37.1 Å². The standard InChI is InChI=1S/C17H19Cl3N2O2/c18-11-9-13(19)16(14(20)10-11)22-8-4-7-15(23)17(21)24-12-5-2-1-3-6-12/h1-3,5-6,9-10,15,17,22-23H,4,7-8,21H2. The number of aliphatic hydroxyl groups excluding tert-OH is 1. The van der Waals surface area contributed by atoms with Crippen molar-refractivity contribution in [1.82, 2.24) is 0 Å². The van der Waals surface area contributed by atoms with E-state index < -0.39 is 12.3 Å². The van der Waals surface area contributed by atoms with Gasteiger partial charge in [-0.2, -0.15) is 0 Å². The zero-order chi connectivity index (χ0) is 17.5. The largest absolute Gasteiger partial charge is 0.473 e. The van der Waals surface area contributed by atoms with Crippen LogP contribution >= 0.6 is 34.8 Å². The minimum Gasteiger partial charge on any atom is -0.473 e. The normalized spacial score (nSPS) is 13.4. The summed E-state index contributed by atoms with van der Waals surface area (Å²) < 4.78 is 5.49. The second-order valence-electron chi connectivity index (χ2n) is 5.28. The van der Waals surface area contributed by atoms with Crippen LogP contribution in [-0.4, -0.2) is 24.0 Å². The molecule has 0 bridgehead atoms. The Labute approximate surface area is 156 Å². The Bertz CT molecular complexity index is 633. The van der Waals surface area contributed by atoms with Gasteiger partial charge in [-0.3, -0.25) is 5.73 Å². The molecule has 0 aromatic heterocycles. The number of aliphatic hydroxyl groups is 1. The summed E-state index contributed by atoms with van der Waals surface area (Å²) in [7, 11) is 0. The molecule has 4 nitrogen and oxygen atoms in total. The average Bonchev–Trinajstić information content (AvgIpc) is 2.53. The van der Waals surface area contributed by atoms with E-state index >= 15 is 0 Å². The summed E-state index contributed by atoms with van der Waals surface area (Å²) in [6.07, 6.45) is -0.412. The molecule has 0 aliphatic rings. The van der Waals surface area contributed by atoms with Crippen molar-refractivity contribution in [2.24, 2.45) is 5.73 Å². The van der Waals surface area contributed by atoms with Gasteiger partial charge in [0, 0.05) is 11.6 Å². The second kappa shape index (κ2) is 9.35. The third kappa shape index (κ3) is 5.72. The zero-order valence-electron chi connectivity index (χ0n) is 12.9. The molecule has 4 N–H and O–H groups in total. The van der Waals surface area contributed by atoms with Crippen LogP contribution in [0.3, 0.4) is 0 Å². The predicted molar refractivity (Wildman–Crippen MR) is 100 cm³/mol. The van der Waals surface area contributed by atoms with Crippen LogP contribution < -0.4 is 15.8 Å². The molecule has 2 rings (SSSR count). The molecule has 0 saturated carbocycles. The molecule has 0 fully saturated rings. The first kappa shape index (κ1) is 19.2. The topological polar surface area (TPSA) is 67.5 Å². The summed E-state index contributed by atoms with van der Waals surface area (Å²) in [5, 5.41) is 14.6. The van der Waals surface area contributed by atoms with Crippen LogP contribution in [0.15, 0.2) is 42.5 Å². The lowest BCUT2D eigenvalue weighted by Crippen LogP contribution is -2.40. The molecule has 24 heavy (non-hydrogen) atoms. The fourth-order valence-electron chi connectivity index (χ4n) is 2.13. The first-order chi connectivity index (χ1) is 11.5. The molecule has 0 aliphatic heterocycles. The highest BCUT2D eigenvalue weighted by Crippen LogP contribution is 2.33. The van der Waals surface area contributed by atoms with Crippen molar-refractivity contribution >= 4 is 40.5 Å². The molecule has 2 unspecified atom stereocenters. The zero-order valence-corrected chi connectivity index (χ0v) is 15.2. The van der Waals surface area contributed by atoms with Gasteiger partial charge in [-0.1, -0.05) is 53.0 Å². The van der Waals surface area contributed by atoms with Gasteiger partial charge in [0.2, 0.25) is 0 Å². The quantitative estimate of drug-likeness (QED) is 0.457. The first-order valence-electron chi connectivity index (χ1n) is 7.51. The Morgan fingerprint density at radius 3 is 2.33 bits per heavy atom. The number of hydrogen-bond donors (Lipinski definition) is 3. The van der Waals surface area contributed by atoms with Crippen LogP contribution in [0.2, 0.25) is 15.1 Å². The van der Waals surface area contributed by atoms with E-state index in [4.69, 9.17) is 45.3 Å². The maximum atomic E-state index is 10.1. The molecule has 7 heteroatoms. The minimum absolute atomic E-state index is 0.456. The lowest BCUT2D eigenvalue weighted by molar-refractivity contribution is 0.0340. The van der Waals surface area contributed by atoms with Crippen LogP contribution in [0.4, 0.5) is 5.69 Å². The predicted octanol–water partition coefficient (Wildman–Crippen LogP) is 4.56. The van der Waals surface area contributed by atoms with E-state index in [0.29, 0.717) is 45.9 Å². The number of nitrogens with one attached hydrogen (secondary N) is 1. The highest BCUT2D eigenvalue weighted by atomic mass is 35.5. The van der Waals surface area contributed by atoms with Crippen molar-refractivity contribution in [1.29, 1.82) is 0 Å². The van der Waals surface area contributed by atoms with Crippen LogP contribution in [0.25, 0.3) is 0 Å². The molecular formula is C17H19Cl3N2O2. The molecule has 0 radical (unpaired) electrons. The minimum atomic E-state index is -0.782. The van der Waals surface area contributed by atoms with E-state index in [1.54, 1.807) is 24.3 Å². The second-order valence-corrected chi connectivity index (χ2v) is 6.53. The monoisotopic (exact) mass is 388 g/mol. The highest BCUT2D eigenvalue weighted by molar-refractivity contribution is 6.41. The Hall–Kier alpha value is -1.17. The molecule has 0 amide bonds. The van der Waals surface area contributed by atoms with Crippen LogP contribution in [0.1, 0.15) is 12.8 Å². The summed E-state index contributed by atoms with van der Waals surface area (Å²) in [4.78, 5) is 0. The molecule has 0 saturated heterocycles. The van der Waals surface area contributed by atoms with Crippen molar-refractivity contribution in [2.75, 3.05) is 11.9 Å². The van der Waals surface area contributed by atoms with Gasteiger partial charge in [0.1, 0.15) is 11.9 Å². The van der Waals surface area contributed by atoms with Crippen molar-refractivity contribution in [3.05, 3.63) is 57.5 Å². The summed E-state index contributed by atoms with van der Waals surface area (Å²) in [5.41, 5.74) is 6.48. The van der Waals surface area contributed by atoms with Crippen LogP contribution in [0, 0.1) is 0 Å². The van der Waals surface area contributed by atoms with Gasteiger partial charge in [-0.15, -0.1) is 0 Å². The first-order valence-corrected chi connectivity index (χ1v) is 8.64. The number of nitrogens with two attached hydrogens (primary N) is 1. The molecule has 2 atom stereocenters. The maximum absolute atomic E-state index is 10.1. The molecule has 0 spiro atoms.